The van der Waals surface area contributed by atoms with Crippen LogP contribution in [0, 0.1) is 25.2 Å². The van der Waals surface area contributed by atoms with Crippen LogP contribution in [0.1, 0.15) is 27.8 Å². The van der Waals surface area contributed by atoms with E-state index in [2.05, 4.69) is 52.6 Å². The van der Waals surface area contributed by atoms with Gasteiger partial charge in [-0.2, -0.15) is 5.26 Å². The van der Waals surface area contributed by atoms with Gasteiger partial charge in [-0.25, -0.2) is 4.98 Å². The Hall–Kier alpha value is -3.40. The summed E-state index contributed by atoms with van der Waals surface area (Å²) in [6.45, 7) is 6.75. The van der Waals surface area contributed by atoms with Crippen molar-refractivity contribution in [1.29, 1.82) is 5.26 Å². The highest BCUT2D eigenvalue weighted by Crippen LogP contribution is 2.35. The normalized spacial score (nSPS) is 11.2. The minimum atomic E-state index is 0.584. The average Bonchev–Trinajstić information content (AvgIpc) is 3.20. The van der Waals surface area contributed by atoms with E-state index in [-0.39, 0.29) is 0 Å². The molecule has 4 rings (SSSR count). The molecule has 2 aromatic carbocycles. The van der Waals surface area contributed by atoms with Gasteiger partial charge in [-0.3, -0.25) is 4.40 Å². The number of hydrogen-bond acceptors (Lipinski definition) is 5. The van der Waals surface area contributed by atoms with E-state index in [4.69, 9.17) is 14.5 Å². The van der Waals surface area contributed by atoms with Gasteiger partial charge in [0.15, 0.2) is 5.65 Å². The summed E-state index contributed by atoms with van der Waals surface area (Å²) in [6.07, 6.45) is 0.724. The smallest absolute Gasteiger partial charge is 0.157 e. The molecule has 6 nitrogen and oxygen atoms in total. The Morgan fingerprint density at radius 1 is 0.970 bits per heavy atom. The number of ether oxygens (including phenoxy) is 2. The molecule has 0 aliphatic rings. The zero-order valence-corrected chi connectivity index (χ0v) is 19.8. The number of imidazole rings is 1. The minimum absolute atomic E-state index is 0.584. The quantitative estimate of drug-likeness (QED) is 0.377. The lowest BCUT2D eigenvalue weighted by Crippen LogP contribution is -2.33. The Balaban J connectivity index is 2.07. The van der Waals surface area contributed by atoms with Crippen molar-refractivity contribution in [3.63, 3.8) is 0 Å². The highest BCUT2D eigenvalue weighted by molar-refractivity contribution is 5.86. The molecule has 0 amide bonds. The van der Waals surface area contributed by atoms with E-state index in [1.165, 1.54) is 11.1 Å². The molecule has 4 aromatic rings. The van der Waals surface area contributed by atoms with Crippen LogP contribution >= 0.6 is 0 Å². The molecular weight excluding hydrogens is 412 g/mol. The van der Waals surface area contributed by atoms with E-state index in [0.717, 1.165) is 34.4 Å². The number of pyridine rings is 1. The molecule has 0 N–H and O–H groups in total. The number of aryl methyl sites for hydroxylation is 1. The van der Waals surface area contributed by atoms with Gasteiger partial charge in [-0.15, -0.1) is 0 Å². The third-order valence-corrected chi connectivity index (χ3v) is 6.26. The van der Waals surface area contributed by atoms with Crippen LogP contribution in [0.5, 0.6) is 0 Å². The maximum atomic E-state index is 10.1. The zero-order valence-electron chi connectivity index (χ0n) is 19.8. The molecule has 0 fully saturated rings. The van der Waals surface area contributed by atoms with E-state index in [9.17, 15) is 5.26 Å². The first kappa shape index (κ1) is 22.8. The van der Waals surface area contributed by atoms with Crippen molar-refractivity contribution in [3.05, 3.63) is 76.3 Å². The van der Waals surface area contributed by atoms with Crippen molar-refractivity contribution in [1.82, 2.24) is 9.38 Å². The number of benzene rings is 2. The molecule has 0 atom stereocenters. The van der Waals surface area contributed by atoms with Crippen molar-refractivity contribution in [2.45, 2.75) is 20.3 Å². The summed E-state index contributed by atoms with van der Waals surface area (Å²) >= 11 is 0. The molecule has 0 bridgehead atoms. The number of hydrogen-bond donors (Lipinski definition) is 0. The van der Waals surface area contributed by atoms with Crippen molar-refractivity contribution in [2.24, 2.45) is 0 Å². The monoisotopic (exact) mass is 442 g/mol. The molecular formula is C27H30N4O2. The van der Waals surface area contributed by atoms with Gasteiger partial charge in [0.1, 0.15) is 11.9 Å². The van der Waals surface area contributed by atoms with Crippen molar-refractivity contribution in [3.8, 4) is 6.07 Å². The summed E-state index contributed by atoms with van der Waals surface area (Å²) in [4.78, 5) is 7.17. The summed E-state index contributed by atoms with van der Waals surface area (Å²) < 4.78 is 13.0. The zero-order chi connectivity index (χ0) is 23.4. The number of fused-ring (bicyclic) bond motifs is 3. The Kier molecular flexibility index (Phi) is 6.93. The van der Waals surface area contributed by atoms with Crippen LogP contribution in [-0.4, -0.2) is 49.9 Å². The predicted octanol–water partition coefficient (Wildman–Crippen LogP) is 4.67. The van der Waals surface area contributed by atoms with Gasteiger partial charge in [0.2, 0.25) is 0 Å². The molecule has 2 heterocycles. The highest BCUT2D eigenvalue weighted by atomic mass is 16.5. The second kappa shape index (κ2) is 10.0. The second-order valence-electron chi connectivity index (χ2n) is 8.25. The number of anilines is 1. The van der Waals surface area contributed by atoms with E-state index >= 15 is 0 Å². The molecule has 33 heavy (non-hydrogen) atoms. The molecule has 0 spiro atoms. The van der Waals surface area contributed by atoms with E-state index in [1.807, 2.05) is 25.1 Å². The van der Waals surface area contributed by atoms with Crippen LogP contribution in [-0.2, 0) is 15.9 Å². The Labute approximate surface area is 195 Å². The summed E-state index contributed by atoms with van der Waals surface area (Å²) in [5.41, 5.74) is 7.76. The van der Waals surface area contributed by atoms with E-state index in [1.54, 1.807) is 14.2 Å². The molecule has 170 valence electrons. The number of rotatable bonds is 9. The molecule has 0 unspecified atom stereocenters. The summed E-state index contributed by atoms with van der Waals surface area (Å²) in [5, 5.41) is 10.1. The molecule has 0 aliphatic carbocycles. The van der Waals surface area contributed by atoms with Crippen molar-refractivity contribution >= 4 is 22.5 Å². The number of methoxy groups -OCH3 is 2. The number of para-hydroxylation sites is 2. The maximum Gasteiger partial charge on any atom is 0.157 e. The third-order valence-electron chi connectivity index (χ3n) is 6.26. The first-order valence-electron chi connectivity index (χ1n) is 11.2. The molecule has 0 saturated heterocycles. The Morgan fingerprint density at radius 3 is 2.30 bits per heavy atom. The molecule has 6 heteroatoms. The van der Waals surface area contributed by atoms with Gasteiger partial charge >= 0.3 is 0 Å². The lowest BCUT2D eigenvalue weighted by Gasteiger charge is -2.29. The topological polar surface area (TPSA) is 62.8 Å². The van der Waals surface area contributed by atoms with Crippen molar-refractivity contribution < 1.29 is 9.47 Å². The summed E-state index contributed by atoms with van der Waals surface area (Å²) in [7, 11) is 3.43. The van der Waals surface area contributed by atoms with Crippen LogP contribution < -0.4 is 4.90 Å². The lowest BCUT2D eigenvalue weighted by atomic mass is 9.95. The number of nitriles is 1. The third kappa shape index (κ3) is 4.30. The molecule has 2 aromatic heterocycles. The Morgan fingerprint density at radius 2 is 1.64 bits per heavy atom. The molecule has 0 radical (unpaired) electrons. The highest BCUT2D eigenvalue weighted by Gasteiger charge is 2.24. The minimum Gasteiger partial charge on any atom is -0.383 e. The first-order valence-corrected chi connectivity index (χ1v) is 11.2. The summed E-state index contributed by atoms with van der Waals surface area (Å²) in [6, 6.07) is 18.9. The van der Waals surface area contributed by atoms with Gasteiger partial charge < -0.3 is 14.4 Å². The average molecular weight is 443 g/mol. The van der Waals surface area contributed by atoms with Gasteiger partial charge in [-0.05, 0) is 42.7 Å². The predicted molar refractivity (Wildman–Crippen MR) is 132 cm³/mol. The fourth-order valence-corrected chi connectivity index (χ4v) is 4.43. The van der Waals surface area contributed by atoms with Gasteiger partial charge in [0, 0.05) is 39.3 Å². The first-order chi connectivity index (χ1) is 16.1. The molecule has 0 saturated carbocycles. The van der Waals surface area contributed by atoms with Crippen LogP contribution in [0.25, 0.3) is 16.7 Å². The maximum absolute atomic E-state index is 10.1. The van der Waals surface area contributed by atoms with E-state index in [0.29, 0.717) is 37.5 Å². The standard InChI is InChI=1S/C27H30N4O2/c1-19-9-5-6-10-21(19)17-22-20(2)23(18-28)26-29-24-11-7-8-12-25(24)31(26)27(22)30(13-15-32-3)14-16-33-4/h5-12H,13-17H2,1-4H3. The van der Waals surface area contributed by atoms with Crippen LogP contribution in [0.4, 0.5) is 5.82 Å². The largest absolute Gasteiger partial charge is 0.383 e. The summed E-state index contributed by atoms with van der Waals surface area (Å²) in [5.74, 6) is 1.05. The second-order valence-corrected chi connectivity index (χ2v) is 8.25. The van der Waals surface area contributed by atoms with Crippen molar-refractivity contribution in [2.75, 3.05) is 45.4 Å². The number of nitrogens with zero attached hydrogens (tertiary/aromatic N) is 4. The van der Waals surface area contributed by atoms with E-state index < -0.39 is 0 Å². The van der Waals surface area contributed by atoms with Gasteiger partial charge in [0.05, 0.1) is 29.8 Å². The molecule has 0 aliphatic heterocycles. The lowest BCUT2D eigenvalue weighted by molar-refractivity contribution is 0.190. The van der Waals surface area contributed by atoms with Crippen LogP contribution in [0.2, 0.25) is 0 Å². The van der Waals surface area contributed by atoms with Crippen LogP contribution in [0.15, 0.2) is 48.5 Å². The fraction of sp³-hybridized carbons (Fsp3) is 0.333. The van der Waals surface area contributed by atoms with Crippen LogP contribution in [0.3, 0.4) is 0 Å². The van der Waals surface area contributed by atoms with Gasteiger partial charge in [-0.1, -0.05) is 36.4 Å². The van der Waals surface area contributed by atoms with Gasteiger partial charge in [0.25, 0.3) is 0 Å². The Bertz CT molecular complexity index is 1310. The number of aromatic nitrogens is 2. The SMILES string of the molecule is COCCN(CCOC)c1c(Cc2ccccc2C)c(C)c(C#N)c2nc3ccccc3n12. The fourth-order valence-electron chi connectivity index (χ4n) is 4.43.